The first-order chi connectivity index (χ1) is 14.9. The fourth-order valence-electron chi connectivity index (χ4n) is 3.21. The number of amides is 1. The van der Waals surface area contributed by atoms with Gasteiger partial charge < -0.3 is 24.4 Å². The van der Waals surface area contributed by atoms with Gasteiger partial charge in [-0.15, -0.1) is 0 Å². The topological polar surface area (TPSA) is 106 Å². The summed E-state index contributed by atoms with van der Waals surface area (Å²) in [5.41, 5.74) is 1.42. The molecule has 0 aliphatic heterocycles. The summed E-state index contributed by atoms with van der Waals surface area (Å²) in [7, 11) is 2.82. The van der Waals surface area contributed by atoms with Crippen LogP contribution in [0.25, 0.3) is 0 Å². The van der Waals surface area contributed by atoms with Crippen LogP contribution in [0, 0.1) is 6.92 Å². The van der Waals surface area contributed by atoms with Crippen LogP contribution in [-0.2, 0) is 22.5 Å². The molecule has 2 N–H and O–H groups in total. The predicted octanol–water partition coefficient (Wildman–Crippen LogP) is 4.15. The number of nitrogens with zero attached hydrogens (tertiary/aromatic N) is 1. The van der Waals surface area contributed by atoms with Crippen molar-refractivity contribution in [3.8, 4) is 17.2 Å². The van der Waals surface area contributed by atoms with Crippen molar-refractivity contribution in [1.82, 2.24) is 4.90 Å². The van der Waals surface area contributed by atoms with E-state index >= 15 is 0 Å². The van der Waals surface area contributed by atoms with E-state index in [9.17, 15) is 19.8 Å². The number of aryl methyl sites for hydroxylation is 1. The fraction of sp³-hybridized carbons (Fsp3) is 0.417. The summed E-state index contributed by atoms with van der Waals surface area (Å²) in [4.78, 5) is 26.6. The van der Waals surface area contributed by atoms with E-state index in [0.29, 0.717) is 5.56 Å². The number of methoxy groups -OCH3 is 2. The van der Waals surface area contributed by atoms with Gasteiger partial charge in [0.25, 0.3) is 0 Å². The van der Waals surface area contributed by atoms with E-state index in [2.05, 4.69) is 0 Å². The van der Waals surface area contributed by atoms with Crippen molar-refractivity contribution in [3.63, 3.8) is 0 Å². The molecule has 1 atom stereocenters. The number of hydrogen-bond donors (Lipinski definition) is 2. The molecule has 0 spiro atoms. The molecule has 32 heavy (non-hydrogen) atoms. The van der Waals surface area contributed by atoms with Crippen LogP contribution in [0.3, 0.4) is 0 Å². The number of phenols is 1. The molecule has 0 bridgehead atoms. The van der Waals surface area contributed by atoms with E-state index in [1.54, 1.807) is 20.8 Å². The Balaban J connectivity index is 2.51. The maximum atomic E-state index is 13.1. The monoisotopic (exact) mass is 445 g/mol. The molecule has 8 nitrogen and oxygen atoms in total. The molecule has 0 aliphatic carbocycles. The summed E-state index contributed by atoms with van der Waals surface area (Å²) in [6.07, 6.45) is -0.866. The maximum absolute atomic E-state index is 13.1. The number of benzene rings is 2. The van der Waals surface area contributed by atoms with Crippen LogP contribution in [0.1, 0.15) is 37.5 Å². The molecule has 2 aromatic carbocycles. The maximum Gasteiger partial charge on any atom is 0.411 e. The van der Waals surface area contributed by atoms with Crippen molar-refractivity contribution in [3.05, 3.63) is 53.1 Å². The smallest absolute Gasteiger partial charge is 0.411 e. The number of carboxylic acid groups (broad SMARTS) is 1. The summed E-state index contributed by atoms with van der Waals surface area (Å²) in [5.74, 6) is -0.779. The van der Waals surface area contributed by atoms with E-state index in [1.165, 1.54) is 31.3 Å². The van der Waals surface area contributed by atoms with E-state index in [-0.39, 0.29) is 30.2 Å². The normalized spacial score (nSPS) is 12.1. The van der Waals surface area contributed by atoms with Crippen LogP contribution >= 0.6 is 0 Å². The van der Waals surface area contributed by atoms with Gasteiger partial charge in [-0.1, -0.05) is 29.8 Å². The van der Waals surface area contributed by atoms with Crippen molar-refractivity contribution in [1.29, 1.82) is 0 Å². The molecular formula is C24H31NO7. The van der Waals surface area contributed by atoms with Gasteiger partial charge in [-0.05, 0) is 33.3 Å². The Bertz CT molecular complexity index is 923. The van der Waals surface area contributed by atoms with Gasteiger partial charge in [0, 0.05) is 30.7 Å². The molecular weight excluding hydrogens is 414 g/mol. The molecule has 0 aliphatic rings. The zero-order valence-electron chi connectivity index (χ0n) is 19.3. The van der Waals surface area contributed by atoms with Gasteiger partial charge in [-0.3, -0.25) is 4.90 Å². The zero-order valence-corrected chi connectivity index (χ0v) is 19.3. The average Bonchev–Trinajstić information content (AvgIpc) is 2.70. The summed E-state index contributed by atoms with van der Waals surface area (Å²) < 4.78 is 16.2. The Labute approximate surface area is 188 Å². The van der Waals surface area contributed by atoms with Crippen LogP contribution in [0.2, 0.25) is 0 Å². The standard InChI is InChI=1S/C24H31NO7/c1-15-7-9-16(10-8-15)14-25(23(29)32-24(2,3)4)19(22(27)28)13-18-20(30-5)11-17(26)12-21(18)31-6/h7-12,19,26H,13-14H2,1-6H3,(H,27,28). The average molecular weight is 446 g/mol. The lowest BCUT2D eigenvalue weighted by atomic mass is 10.0. The van der Waals surface area contributed by atoms with Crippen molar-refractivity contribution < 1.29 is 34.0 Å². The number of carboxylic acids is 1. The molecule has 0 radical (unpaired) electrons. The molecule has 1 amide bonds. The van der Waals surface area contributed by atoms with Crippen molar-refractivity contribution in [2.24, 2.45) is 0 Å². The third kappa shape index (κ3) is 6.54. The summed E-state index contributed by atoms with van der Waals surface area (Å²) in [6, 6.07) is 8.93. The van der Waals surface area contributed by atoms with Gasteiger partial charge in [0.2, 0.25) is 0 Å². The van der Waals surface area contributed by atoms with Gasteiger partial charge in [0.05, 0.1) is 14.2 Å². The van der Waals surface area contributed by atoms with Crippen LogP contribution in [0.15, 0.2) is 36.4 Å². The molecule has 1 unspecified atom stereocenters. The van der Waals surface area contributed by atoms with Crippen LogP contribution in [0.4, 0.5) is 4.79 Å². The summed E-state index contributed by atoms with van der Waals surface area (Å²) in [6.45, 7) is 7.14. The van der Waals surface area contributed by atoms with Crippen molar-refractivity contribution in [2.75, 3.05) is 14.2 Å². The molecule has 2 aromatic rings. The lowest BCUT2D eigenvalue weighted by Crippen LogP contribution is -2.48. The number of aromatic hydroxyl groups is 1. The van der Waals surface area contributed by atoms with Gasteiger partial charge in [-0.25, -0.2) is 9.59 Å². The number of carbonyl (C=O) groups excluding carboxylic acids is 1. The molecule has 174 valence electrons. The Morgan fingerprint density at radius 2 is 1.56 bits per heavy atom. The highest BCUT2D eigenvalue weighted by molar-refractivity contribution is 5.81. The quantitative estimate of drug-likeness (QED) is 0.629. The highest BCUT2D eigenvalue weighted by atomic mass is 16.6. The zero-order chi connectivity index (χ0) is 24.1. The largest absolute Gasteiger partial charge is 0.508 e. The molecule has 0 aromatic heterocycles. The Morgan fingerprint density at radius 3 is 2.00 bits per heavy atom. The summed E-state index contributed by atoms with van der Waals surface area (Å²) >= 11 is 0. The number of phenolic OH excluding ortho intramolecular Hbond substituents is 1. The molecule has 0 saturated heterocycles. The Hall–Kier alpha value is -3.42. The molecule has 2 rings (SSSR count). The molecule has 0 heterocycles. The second-order valence-electron chi connectivity index (χ2n) is 8.48. The van der Waals surface area contributed by atoms with Crippen LogP contribution < -0.4 is 9.47 Å². The van der Waals surface area contributed by atoms with Crippen LogP contribution in [-0.4, -0.2) is 53.0 Å². The molecule has 0 saturated carbocycles. The second kappa shape index (κ2) is 10.3. The minimum Gasteiger partial charge on any atom is -0.508 e. The van der Waals surface area contributed by atoms with E-state index in [0.717, 1.165) is 11.1 Å². The highest BCUT2D eigenvalue weighted by Gasteiger charge is 2.35. The van der Waals surface area contributed by atoms with Gasteiger partial charge in [0.15, 0.2) is 0 Å². The Kier molecular flexibility index (Phi) is 7.97. The van der Waals surface area contributed by atoms with Gasteiger partial charge in [0.1, 0.15) is 28.9 Å². The first-order valence-corrected chi connectivity index (χ1v) is 10.2. The number of aliphatic carboxylic acids is 1. The third-order valence-corrected chi connectivity index (χ3v) is 4.75. The first-order valence-electron chi connectivity index (χ1n) is 10.2. The number of carbonyl (C=O) groups is 2. The number of ether oxygens (including phenoxy) is 3. The van der Waals surface area contributed by atoms with Gasteiger partial charge in [-0.2, -0.15) is 0 Å². The fourth-order valence-corrected chi connectivity index (χ4v) is 3.21. The van der Waals surface area contributed by atoms with Crippen molar-refractivity contribution in [2.45, 2.75) is 52.3 Å². The molecule has 8 heteroatoms. The van der Waals surface area contributed by atoms with E-state index in [1.807, 2.05) is 31.2 Å². The number of rotatable bonds is 8. The second-order valence-corrected chi connectivity index (χ2v) is 8.48. The van der Waals surface area contributed by atoms with Crippen molar-refractivity contribution >= 4 is 12.1 Å². The SMILES string of the molecule is COc1cc(O)cc(OC)c1CC(C(=O)O)N(Cc1ccc(C)cc1)C(=O)OC(C)(C)C. The summed E-state index contributed by atoms with van der Waals surface area (Å²) in [5, 5.41) is 20.0. The third-order valence-electron chi connectivity index (χ3n) is 4.75. The highest BCUT2D eigenvalue weighted by Crippen LogP contribution is 2.35. The van der Waals surface area contributed by atoms with E-state index in [4.69, 9.17) is 14.2 Å². The first kappa shape index (κ1) is 24.8. The van der Waals surface area contributed by atoms with Gasteiger partial charge >= 0.3 is 12.1 Å². The minimum atomic E-state index is -1.28. The minimum absolute atomic E-state index is 0.0366. The Morgan fingerprint density at radius 1 is 1.03 bits per heavy atom. The lowest BCUT2D eigenvalue weighted by Gasteiger charge is -2.32. The predicted molar refractivity (Wildman–Crippen MR) is 119 cm³/mol. The van der Waals surface area contributed by atoms with Crippen LogP contribution in [0.5, 0.6) is 17.2 Å². The number of hydrogen-bond acceptors (Lipinski definition) is 6. The van der Waals surface area contributed by atoms with E-state index < -0.39 is 23.7 Å². The lowest BCUT2D eigenvalue weighted by molar-refractivity contribution is -0.143. The molecule has 0 fully saturated rings.